The van der Waals surface area contributed by atoms with Crippen LogP contribution in [0.5, 0.6) is 5.75 Å². The second kappa shape index (κ2) is 9.86. The molecule has 0 unspecified atom stereocenters. The van der Waals surface area contributed by atoms with Gasteiger partial charge in [-0.15, -0.1) is 0 Å². The molecular formula is C22H25FN2O7S. The Bertz CT molecular complexity index is 1140. The van der Waals surface area contributed by atoms with Crippen molar-refractivity contribution < 1.29 is 36.8 Å². The van der Waals surface area contributed by atoms with Gasteiger partial charge in [-0.1, -0.05) is 12.1 Å². The quantitative estimate of drug-likeness (QED) is 0.579. The molecule has 0 aliphatic carbocycles. The fourth-order valence-electron chi connectivity index (χ4n) is 3.78. The Kier molecular flexibility index (Phi) is 7.35. The summed E-state index contributed by atoms with van der Waals surface area (Å²) in [6.07, 6.45) is 0. The van der Waals surface area contributed by atoms with Crippen LogP contribution < -0.4 is 4.74 Å². The highest BCUT2D eigenvalue weighted by molar-refractivity contribution is 7.85. The number of carbonyl (C=O) groups excluding carboxylic acids is 1. The van der Waals surface area contributed by atoms with Crippen molar-refractivity contribution in [3.63, 3.8) is 0 Å². The summed E-state index contributed by atoms with van der Waals surface area (Å²) in [4.78, 5) is 27.5. The standard InChI is InChI=1S/C22H25FN2O7S/c1-14-11-25(15(2)10-24(14)12-16-3-5-17(23)6-4-16)21(26)13-32-20-8-7-18(33(29,30)31)9-19(20)22(27)28/h3-9,14-15H,10-13H2,1-2H3,(H,27,28)(H,29,30,31)/t14-,15+/m0/s1. The topological polar surface area (TPSA) is 124 Å². The number of halogens is 1. The highest BCUT2D eigenvalue weighted by Gasteiger charge is 2.32. The maximum atomic E-state index is 13.1. The molecular weight excluding hydrogens is 455 g/mol. The van der Waals surface area contributed by atoms with Crippen LogP contribution in [0.25, 0.3) is 0 Å². The van der Waals surface area contributed by atoms with Crippen molar-refractivity contribution in [2.24, 2.45) is 0 Å². The molecule has 1 aliphatic heterocycles. The average Bonchev–Trinajstić information content (AvgIpc) is 2.75. The smallest absolute Gasteiger partial charge is 0.339 e. The van der Waals surface area contributed by atoms with Crippen LogP contribution in [0.3, 0.4) is 0 Å². The van der Waals surface area contributed by atoms with Crippen molar-refractivity contribution in [3.8, 4) is 5.75 Å². The predicted molar refractivity (Wildman–Crippen MR) is 116 cm³/mol. The van der Waals surface area contributed by atoms with Crippen LogP contribution in [0.2, 0.25) is 0 Å². The molecule has 2 aromatic rings. The van der Waals surface area contributed by atoms with E-state index in [0.29, 0.717) is 19.6 Å². The molecule has 0 aromatic heterocycles. The lowest BCUT2D eigenvalue weighted by Crippen LogP contribution is -2.58. The third-order valence-electron chi connectivity index (χ3n) is 5.56. The van der Waals surface area contributed by atoms with Crippen LogP contribution in [0.4, 0.5) is 4.39 Å². The van der Waals surface area contributed by atoms with Gasteiger partial charge in [0, 0.05) is 31.7 Å². The van der Waals surface area contributed by atoms with Gasteiger partial charge in [-0.3, -0.25) is 14.2 Å². The Hall–Kier alpha value is -3.02. The highest BCUT2D eigenvalue weighted by atomic mass is 32.2. The Labute approximate surface area is 191 Å². The zero-order chi connectivity index (χ0) is 24.3. The number of hydrogen-bond donors (Lipinski definition) is 2. The van der Waals surface area contributed by atoms with Gasteiger partial charge in [-0.2, -0.15) is 8.42 Å². The minimum Gasteiger partial charge on any atom is -0.483 e. The molecule has 2 N–H and O–H groups in total. The molecule has 0 radical (unpaired) electrons. The normalized spacial score (nSPS) is 19.3. The first-order valence-electron chi connectivity index (χ1n) is 10.2. The van der Waals surface area contributed by atoms with Crippen LogP contribution >= 0.6 is 0 Å². The van der Waals surface area contributed by atoms with Crippen molar-refractivity contribution in [2.45, 2.75) is 37.4 Å². The van der Waals surface area contributed by atoms with Gasteiger partial charge < -0.3 is 14.7 Å². The van der Waals surface area contributed by atoms with Crippen LogP contribution in [0.1, 0.15) is 29.8 Å². The Balaban J connectivity index is 1.64. The summed E-state index contributed by atoms with van der Waals surface area (Å²) in [6.45, 7) is 5.08. The number of carboxylic acid groups (broad SMARTS) is 1. The molecule has 0 bridgehead atoms. The SMILES string of the molecule is C[C@@H]1CN(Cc2ccc(F)cc2)[C@@H](C)CN1C(=O)COc1ccc(S(=O)(=O)O)cc1C(=O)O. The molecule has 2 aromatic carbocycles. The lowest BCUT2D eigenvalue weighted by Gasteiger charge is -2.44. The van der Waals surface area contributed by atoms with E-state index < -0.39 is 33.2 Å². The van der Waals surface area contributed by atoms with E-state index >= 15 is 0 Å². The summed E-state index contributed by atoms with van der Waals surface area (Å²) in [5, 5.41) is 9.33. The van der Waals surface area contributed by atoms with Gasteiger partial charge in [0.25, 0.3) is 16.0 Å². The van der Waals surface area contributed by atoms with Gasteiger partial charge in [0.1, 0.15) is 17.1 Å². The third kappa shape index (κ3) is 6.06. The Morgan fingerprint density at radius 2 is 1.76 bits per heavy atom. The number of nitrogens with zero attached hydrogens (tertiary/aromatic N) is 2. The first-order chi connectivity index (χ1) is 15.5. The van der Waals surface area contributed by atoms with E-state index in [-0.39, 0.29) is 29.6 Å². The van der Waals surface area contributed by atoms with Gasteiger partial charge in [-0.25, -0.2) is 9.18 Å². The summed E-state index contributed by atoms with van der Waals surface area (Å²) >= 11 is 0. The summed E-state index contributed by atoms with van der Waals surface area (Å²) < 4.78 is 50.2. The number of rotatable bonds is 7. The molecule has 0 saturated carbocycles. The van der Waals surface area contributed by atoms with Crippen LogP contribution in [0, 0.1) is 5.82 Å². The molecule has 1 aliphatic rings. The number of carboxylic acids is 1. The minimum absolute atomic E-state index is 0.0267. The van der Waals surface area contributed by atoms with Crippen LogP contribution in [-0.2, 0) is 21.5 Å². The van der Waals surface area contributed by atoms with Crippen molar-refractivity contribution in [2.75, 3.05) is 19.7 Å². The predicted octanol–water partition coefficient (Wildman–Crippen LogP) is 2.27. The van der Waals surface area contributed by atoms with Crippen LogP contribution in [0.15, 0.2) is 47.4 Å². The molecule has 1 fully saturated rings. The molecule has 3 rings (SSSR count). The van der Waals surface area contributed by atoms with E-state index in [1.807, 2.05) is 13.8 Å². The zero-order valence-electron chi connectivity index (χ0n) is 18.1. The highest BCUT2D eigenvalue weighted by Crippen LogP contribution is 2.24. The summed E-state index contributed by atoms with van der Waals surface area (Å²) in [6, 6.07) is 9.03. The summed E-state index contributed by atoms with van der Waals surface area (Å²) in [5.41, 5.74) is 0.483. The Morgan fingerprint density at radius 1 is 1.09 bits per heavy atom. The summed E-state index contributed by atoms with van der Waals surface area (Å²) in [7, 11) is -4.58. The minimum atomic E-state index is -4.58. The second-order valence-electron chi connectivity index (χ2n) is 8.03. The molecule has 9 nitrogen and oxygen atoms in total. The van der Waals surface area contributed by atoms with Crippen molar-refractivity contribution in [1.82, 2.24) is 9.80 Å². The van der Waals surface area contributed by atoms with E-state index in [1.54, 1.807) is 17.0 Å². The van der Waals surface area contributed by atoms with Gasteiger partial charge in [-0.05, 0) is 49.7 Å². The lowest BCUT2D eigenvalue weighted by atomic mass is 10.1. The van der Waals surface area contributed by atoms with Crippen molar-refractivity contribution >= 4 is 22.0 Å². The molecule has 178 valence electrons. The van der Waals surface area contributed by atoms with Gasteiger partial charge in [0.2, 0.25) is 0 Å². The number of piperazine rings is 1. The molecule has 2 atom stereocenters. The number of benzene rings is 2. The number of carbonyl (C=O) groups is 2. The molecule has 0 spiro atoms. The molecule has 1 saturated heterocycles. The van der Waals surface area contributed by atoms with E-state index in [1.165, 1.54) is 12.1 Å². The molecule has 1 heterocycles. The summed E-state index contributed by atoms with van der Waals surface area (Å²) in [5.74, 6) is -2.28. The first kappa shape index (κ1) is 24.6. The Morgan fingerprint density at radius 3 is 2.36 bits per heavy atom. The van der Waals surface area contributed by atoms with E-state index in [9.17, 15) is 27.5 Å². The fraction of sp³-hybridized carbons (Fsp3) is 0.364. The van der Waals surface area contributed by atoms with Gasteiger partial charge >= 0.3 is 5.97 Å². The van der Waals surface area contributed by atoms with E-state index in [0.717, 1.165) is 23.8 Å². The first-order valence-corrected chi connectivity index (χ1v) is 11.7. The average molecular weight is 481 g/mol. The van der Waals surface area contributed by atoms with E-state index in [2.05, 4.69) is 4.90 Å². The van der Waals surface area contributed by atoms with E-state index in [4.69, 9.17) is 9.29 Å². The number of hydrogen-bond acceptors (Lipinski definition) is 6. The molecule has 11 heteroatoms. The zero-order valence-corrected chi connectivity index (χ0v) is 19.0. The van der Waals surface area contributed by atoms with Gasteiger partial charge in [0.15, 0.2) is 6.61 Å². The molecule has 1 amide bonds. The van der Waals surface area contributed by atoms with Crippen molar-refractivity contribution in [3.05, 3.63) is 59.4 Å². The number of ether oxygens (including phenoxy) is 1. The molecule has 33 heavy (non-hydrogen) atoms. The second-order valence-corrected chi connectivity index (χ2v) is 9.45. The number of aromatic carboxylic acids is 1. The third-order valence-corrected chi connectivity index (χ3v) is 6.41. The largest absolute Gasteiger partial charge is 0.483 e. The van der Waals surface area contributed by atoms with Crippen LogP contribution in [-0.4, -0.2) is 71.5 Å². The number of amides is 1. The lowest BCUT2D eigenvalue weighted by molar-refractivity contribution is -0.139. The van der Waals surface area contributed by atoms with Gasteiger partial charge in [0.05, 0.1) is 4.90 Å². The fourth-order valence-corrected chi connectivity index (χ4v) is 4.28. The monoisotopic (exact) mass is 480 g/mol. The maximum absolute atomic E-state index is 13.1. The maximum Gasteiger partial charge on any atom is 0.339 e. The van der Waals surface area contributed by atoms with Crippen molar-refractivity contribution in [1.29, 1.82) is 0 Å².